The van der Waals surface area contributed by atoms with Gasteiger partial charge in [-0.1, -0.05) is 0 Å². The zero-order valence-electron chi connectivity index (χ0n) is 7.79. The fourth-order valence-electron chi connectivity index (χ4n) is 1.34. The molecule has 0 unspecified atom stereocenters. The van der Waals surface area contributed by atoms with Crippen LogP contribution in [0.2, 0.25) is 0 Å². The summed E-state index contributed by atoms with van der Waals surface area (Å²) in [4.78, 5) is 10.4. The van der Waals surface area contributed by atoms with Crippen LogP contribution in [0.25, 0.3) is 5.65 Å². The normalized spacial score (nSPS) is 10.7. The quantitative estimate of drug-likeness (QED) is 0.763. The smallest absolute Gasteiger partial charge is 0.303 e. The largest absolute Gasteiger partial charge is 0.504 e. The summed E-state index contributed by atoms with van der Waals surface area (Å²) in [6, 6.07) is 3.15. The van der Waals surface area contributed by atoms with E-state index in [1.165, 1.54) is 6.07 Å². The number of aromatic hydroxyl groups is 1. The Balaban J connectivity index is 2.37. The summed E-state index contributed by atoms with van der Waals surface area (Å²) in [5.74, 6) is -0.318. The van der Waals surface area contributed by atoms with Gasteiger partial charge in [-0.2, -0.15) is 0 Å². The molecule has 0 spiro atoms. The standard InChI is InChI=1S/C9H9N3O3/c13-6-2-1-5-12-7(3-4-8(14)15)10-11-9(6)12/h1-2,5,13H,3-4H2,(H,14,15). The fourth-order valence-corrected chi connectivity index (χ4v) is 1.34. The predicted molar refractivity (Wildman–Crippen MR) is 50.6 cm³/mol. The molecule has 0 bridgehead atoms. The molecule has 78 valence electrons. The molecule has 0 saturated carbocycles. The van der Waals surface area contributed by atoms with Crippen molar-refractivity contribution in [2.24, 2.45) is 0 Å². The zero-order valence-corrected chi connectivity index (χ0v) is 7.79. The lowest BCUT2D eigenvalue weighted by Crippen LogP contribution is -2.01. The van der Waals surface area contributed by atoms with Gasteiger partial charge >= 0.3 is 5.97 Å². The predicted octanol–water partition coefficient (Wildman–Crippen LogP) is 0.452. The average Bonchev–Trinajstić information content (AvgIpc) is 2.59. The fraction of sp³-hybridized carbons (Fsp3) is 0.222. The van der Waals surface area contributed by atoms with Gasteiger partial charge in [0, 0.05) is 12.6 Å². The number of fused-ring (bicyclic) bond motifs is 1. The number of aliphatic carboxylic acids is 1. The molecule has 0 aliphatic carbocycles. The number of carboxylic acids is 1. The number of hydrogen-bond donors (Lipinski definition) is 2. The lowest BCUT2D eigenvalue weighted by atomic mass is 10.3. The molecule has 0 amide bonds. The van der Waals surface area contributed by atoms with Crippen molar-refractivity contribution in [2.45, 2.75) is 12.8 Å². The molecule has 0 fully saturated rings. The van der Waals surface area contributed by atoms with Crippen LogP contribution >= 0.6 is 0 Å². The van der Waals surface area contributed by atoms with Crippen molar-refractivity contribution in [3.63, 3.8) is 0 Å². The minimum absolute atomic E-state index is 0.00352. The minimum atomic E-state index is -0.882. The molecule has 0 atom stereocenters. The first-order chi connectivity index (χ1) is 7.18. The van der Waals surface area contributed by atoms with E-state index < -0.39 is 5.97 Å². The maximum absolute atomic E-state index is 10.4. The van der Waals surface area contributed by atoms with Crippen LogP contribution in [0, 0.1) is 0 Å². The van der Waals surface area contributed by atoms with Gasteiger partial charge in [0.05, 0.1) is 6.42 Å². The van der Waals surface area contributed by atoms with Crippen LogP contribution in [0.15, 0.2) is 18.3 Å². The number of pyridine rings is 1. The van der Waals surface area contributed by atoms with E-state index in [0.717, 1.165) is 0 Å². The Morgan fingerprint density at radius 3 is 3.00 bits per heavy atom. The molecule has 2 heterocycles. The van der Waals surface area contributed by atoms with Crippen molar-refractivity contribution in [3.8, 4) is 5.75 Å². The summed E-state index contributed by atoms with van der Waals surface area (Å²) in [7, 11) is 0. The number of aromatic nitrogens is 3. The van der Waals surface area contributed by atoms with Gasteiger partial charge in [-0.3, -0.25) is 9.20 Å². The van der Waals surface area contributed by atoms with Crippen molar-refractivity contribution < 1.29 is 15.0 Å². The SMILES string of the molecule is O=C(O)CCc1nnc2c(O)cccn12. The van der Waals surface area contributed by atoms with Crippen molar-refractivity contribution in [3.05, 3.63) is 24.2 Å². The summed E-state index contributed by atoms with van der Waals surface area (Å²) < 4.78 is 1.58. The van der Waals surface area contributed by atoms with Crippen LogP contribution in [-0.2, 0) is 11.2 Å². The van der Waals surface area contributed by atoms with Gasteiger partial charge in [-0.15, -0.1) is 10.2 Å². The van der Waals surface area contributed by atoms with E-state index in [2.05, 4.69) is 10.2 Å². The van der Waals surface area contributed by atoms with Crippen LogP contribution < -0.4 is 0 Å². The van der Waals surface area contributed by atoms with Gasteiger partial charge in [0.15, 0.2) is 5.75 Å². The molecular formula is C9H9N3O3. The molecule has 0 radical (unpaired) electrons. The summed E-state index contributed by atoms with van der Waals surface area (Å²) >= 11 is 0. The number of nitrogens with zero attached hydrogens (tertiary/aromatic N) is 3. The molecule has 6 heteroatoms. The third kappa shape index (κ3) is 1.74. The number of rotatable bonds is 3. The minimum Gasteiger partial charge on any atom is -0.504 e. The van der Waals surface area contributed by atoms with Crippen molar-refractivity contribution in [2.75, 3.05) is 0 Å². The molecule has 6 nitrogen and oxygen atoms in total. The second-order valence-corrected chi connectivity index (χ2v) is 3.10. The van der Waals surface area contributed by atoms with E-state index in [4.69, 9.17) is 5.11 Å². The lowest BCUT2D eigenvalue weighted by Gasteiger charge is -1.98. The Morgan fingerprint density at radius 2 is 2.27 bits per heavy atom. The lowest BCUT2D eigenvalue weighted by molar-refractivity contribution is -0.137. The molecule has 15 heavy (non-hydrogen) atoms. The second-order valence-electron chi connectivity index (χ2n) is 3.10. The monoisotopic (exact) mass is 207 g/mol. The summed E-state index contributed by atoms with van der Waals surface area (Å²) in [5, 5.41) is 25.5. The van der Waals surface area contributed by atoms with Crippen LogP contribution in [0.4, 0.5) is 0 Å². The van der Waals surface area contributed by atoms with Crippen LogP contribution in [-0.4, -0.2) is 30.8 Å². The number of carbonyl (C=O) groups is 1. The number of carboxylic acid groups (broad SMARTS) is 1. The van der Waals surface area contributed by atoms with Gasteiger partial charge in [0.1, 0.15) is 5.82 Å². The Morgan fingerprint density at radius 1 is 1.47 bits per heavy atom. The first-order valence-corrected chi connectivity index (χ1v) is 4.42. The van der Waals surface area contributed by atoms with Gasteiger partial charge in [0.2, 0.25) is 5.65 Å². The van der Waals surface area contributed by atoms with Crippen LogP contribution in [0.3, 0.4) is 0 Å². The van der Waals surface area contributed by atoms with Gasteiger partial charge in [-0.05, 0) is 12.1 Å². The third-order valence-corrected chi connectivity index (χ3v) is 2.05. The molecule has 2 rings (SSSR count). The topological polar surface area (TPSA) is 87.7 Å². The first kappa shape index (κ1) is 9.45. The van der Waals surface area contributed by atoms with Crippen LogP contribution in [0.5, 0.6) is 5.75 Å². The highest BCUT2D eigenvalue weighted by atomic mass is 16.4. The average molecular weight is 207 g/mol. The Kier molecular flexibility index (Phi) is 2.24. The molecular weight excluding hydrogens is 198 g/mol. The van der Waals surface area contributed by atoms with Crippen molar-refractivity contribution in [1.82, 2.24) is 14.6 Å². The molecule has 2 aromatic heterocycles. The van der Waals surface area contributed by atoms with Crippen molar-refractivity contribution in [1.29, 1.82) is 0 Å². The van der Waals surface area contributed by atoms with E-state index in [1.807, 2.05) is 0 Å². The summed E-state index contributed by atoms with van der Waals surface area (Å²) in [6.45, 7) is 0. The third-order valence-electron chi connectivity index (χ3n) is 2.05. The molecule has 0 saturated heterocycles. The second kappa shape index (κ2) is 3.56. The molecule has 2 aromatic rings. The van der Waals surface area contributed by atoms with E-state index in [0.29, 0.717) is 17.9 Å². The molecule has 0 aromatic carbocycles. The maximum atomic E-state index is 10.4. The zero-order chi connectivity index (χ0) is 10.8. The Hall–Kier alpha value is -2.11. The van der Waals surface area contributed by atoms with E-state index in [1.54, 1.807) is 16.7 Å². The summed E-state index contributed by atoms with van der Waals surface area (Å²) in [5.41, 5.74) is 0.345. The number of hydrogen-bond acceptors (Lipinski definition) is 4. The summed E-state index contributed by atoms with van der Waals surface area (Å²) in [6.07, 6.45) is 1.97. The highest BCUT2D eigenvalue weighted by Gasteiger charge is 2.09. The highest BCUT2D eigenvalue weighted by Crippen LogP contribution is 2.16. The number of aryl methyl sites for hydroxylation is 1. The van der Waals surface area contributed by atoms with E-state index in [-0.39, 0.29) is 12.2 Å². The van der Waals surface area contributed by atoms with Crippen molar-refractivity contribution >= 4 is 11.6 Å². The maximum Gasteiger partial charge on any atom is 0.303 e. The van der Waals surface area contributed by atoms with E-state index in [9.17, 15) is 9.90 Å². The molecule has 0 aliphatic rings. The molecule has 0 aliphatic heterocycles. The van der Waals surface area contributed by atoms with Gasteiger partial charge in [0.25, 0.3) is 0 Å². The van der Waals surface area contributed by atoms with Gasteiger partial charge < -0.3 is 10.2 Å². The highest BCUT2D eigenvalue weighted by molar-refractivity contribution is 5.67. The van der Waals surface area contributed by atoms with Gasteiger partial charge in [-0.25, -0.2) is 0 Å². The Bertz CT molecular complexity index is 506. The first-order valence-electron chi connectivity index (χ1n) is 4.42. The van der Waals surface area contributed by atoms with Crippen LogP contribution in [0.1, 0.15) is 12.2 Å². The van der Waals surface area contributed by atoms with E-state index >= 15 is 0 Å². The Labute approximate surface area is 84.8 Å². The molecule has 2 N–H and O–H groups in total.